The van der Waals surface area contributed by atoms with Crippen molar-refractivity contribution < 1.29 is 28.3 Å². The van der Waals surface area contributed by atoms with Gasteiger partial charge in [-0.2, -0.15) is 0 Å². The van der Waals surface area contributed by atoms with Crippen molar-refractivity contribution in [2.24, 2.45) is 0 Å². The first kappa shape index (κ1) is 21.4. The molecule has 0 fully saturated rings. The summed E-state index contributed by atoms with van der Waals surface area (Å²) in [6.07, 6.45) is 0. The Labute approximate surface area is 181 Å². The van der Waals surface area contributed by atoms with Gasteiger partial charge < -0.3 is 24.1 Å². The van der Waals surface area contributed by atoms with Crippen LogP contribution in [0.3, 0.4) is 0 Å². The SMILES string of the molecule is COc1cc(C(=O)OCc2cc(C)on2)ccc1OCC(=O)Nc1ccc(Br)cc1. The molecule has 0 aliphatic rings. The van der Waals surface area contributed by atoms with Crippen molar-refractivity contribution in [2.45, 2.75) is 13.5 Å². The van der Waals surface area contributed by atoms with Crippen LogP contribution in [0.1, 0.15) is 21.8 Å². The summed E-state index contributed by atoms with van der Waals surface area (Å²) in [7, 11) is 1.44. The number of esters is 1. The molecule has 2 aromatic carbocycles. The van der Waals surface area contributed by atoms with Gasteiger partial charge in [0.2, 0.25) is 0 Å². The number of carbonyl (C=O) groups excluding carboxylic acids is 2. The Bertz CT molecular complexity index is 1030. The maximum absolute atomic E-state index is 12.3. The predicted octanol–water partition coefficient (Wildman–Crippen LogP) is 4.13. The Kier molecular flexibility index (Phi) is 7.08. The summed E-state index contributed by atoms with van der Waals surface area (Å²) in [6.45, 7) is 1.52. The lowest BCUT2D eigenvalue weighted by molar-refractivity contribution is -0.118. The van der Waals surface area contributed by atoms with Crippen LogP contribution in [0.4, 0.5) is 5.69 Å². The lowest BCUT2D eigenvalue weighted by Gasteiger charge is -2.12. The summed E-state index contributed by atoms with van der Waals surface area (Å²) in [6, 6.07) is 13.4. The van der Waals surface area contributed by atoms with E-state index in [-0.39, 0.29) is 24.7 Å². The number of aromatic nitrogens is 1. The van der Waals surface area contributed by atoms with Crippen LogP contribution in [0.15, 0.2) is 57.5 Å². The first-order valence-corrected chi connectivity index (χ1v) is 9.69. The fourth-order valence-corrected chi connectivity index (χ4v) is 2.76. The van der Waals surface area contributed by atoms with Crippen molar-refractivity contribution in [1.29, 1.82) is 0 Å². The van der Waals surface area contributed by atoms with Gasteiger partial charge >= 0.3 is 5.97 Å². The largest absolute Gasteiger partial charge is 0.493 e. The van der Waals surface area contributed by atoms with Gasteiger partial charge in [0.25, 0.3) is 5.91 Å². The average Bonchev–Trinajstić information content (AvgIpc) is 3.17. The van der Waals surface area contributed by atoms with E-state index < -0.39 is 5.97 Å². The van der Waals surface area contributed by atoms with Gasteiger partial charge in [-0.3, -0.25) is 4.79 Å². The second kappa shape index (κ2) is 9.93. The van der Waals surface area contributed by atoms with Gasteiger partial charge in [-0.05, 0) is 49.4 Å². The molecule has 3 aromatic rings. The fraction of sp³-hybridized carbons (Fsp3) is 0.190. The van der Waals surface area contributed by atoms with E-state index in [9.17, 15) is 9.59 Å². The molecule has 1 heterocycles. The highest BCUT2D eigenvalue weighted by molar-refractivity contribution is 9.10. The summed E-state index contributed by atoms with van der Waals surface area (Å²) < 4.78 is 21.9. The molecule has 0 aliphatic carbocycles. The number of carbonyl (C=O) groups is 2. The van der Waals surface area contributed by atoms with Gasteiger partial charge in [0.15, 0.2) is 18.1 Å². The van der Waals surface area contributed by atoms with E-state index in [1.807, 2.05) is 12.1 Å². The first-order chi connectivity index (χ1) is 14.4. The molecule has 0 bridgehead atoms. The lowest BCUT2D eigenvalue weighted by atomic mass is 10.2. The van der Waals surface area contributed by atoms with Crippen LogP contribution in [0, 0.1) is 6.92 Å². The molecule has 0 atom stereocenters. The first-order valence-electron chi connectivity index (χ1n) is 8.90. The molecule has 0 saturated heterocycles. The smallest absolute Gasteiger partial charge is 0.338 e. The Balaban J connectivity index is 1.57. The molecule has 156 valence electrons. The van der Waals surface area contributed by atoms with Gasteiger partial charge in [0, 0.05) is 16.2 Å². The number of methoxy groups -OCH3 is 1. The predicted molar refractivity (Wildman–Crippen MR) is 112 cm³/mol. The van der Waals surface area contributed by atoms with Crippen molar-refractivity contribution >= 4 is 33.5 Å². The maximum atomic E-state index is 12.3. The lowest BCUT2D eigenvalue weighted by Crippen LogP contribution is -2.20. The highest BCUT2D eigenvalue weighted by atomic mass is 79.9. The number of rotatable bonds is 8. The Hall–Kier alpha value is -3.33. The molecule has 9 heteroatoms. The summed E-state index contributed by atoms with van der Waals surface area (Å²) >= 11 is 3.34. The standard InChI is InChI=1S/C21H19BrN2O6/c1-13-9-17(24-30-13)11-29-21(26)14-3-8-18(19(10-14)27-2)28-12-20(25)23-16-6-4-15(22)5-7-16/h3-10H,11-12H2,1-2H3,(H,23,25). The van der Waals surface area contributed by atoms with Crippen LogP contribution in [-0.2, 0) is 16.1 Å². The van der Waals surface area contributed by atoms with Crippen LogP contribution >= 0.6 is 15.9 Å². The van der Waals surface area contributed by atoms with Crippen molar-refractivity contribution in [3.05, 3.63) is 70.0 Å². The highest BCUT2D eigenvalue weighted by Crippen LogP contribution is 2.28. The third-order valence-corrected chi connectivity index (χ3v) is 4.44. The van der Waals surface area contributed by atoms with E-state index in [0.717, 1.165) is 4.47 Å². The normalized spacial score (nSPS) is 10.4. The van der Waals surface area contributed by atoms with E-state index in [0.29, 0.717) is 28.6 Å². The van der Waals surface area contributed by atoms with E-state index in [2.05, 4.69) is 26.4 Å². The molecule has 0 unspecified atom stereocenters. The van der Waals surface area contributed by atoms with Crippen LogP contribution in [0.25, 0.3) is 0 Å². The minimum absolute atomic E-state index is 0.00698. The zero-order valence-corrected chi connectivity index (χ0v) is 17.9. The molecule has 3 rings (SSSR count). The van der Waals surface area contributed by atoms with Crippen LogP contribution in [-0.4, -0.2) is 30.7 Å². The Morgan fingerprint density at radius 2 is 1.87 bits per heavy atom. The fourth-order valence-electron chi connectivity index (χ4n) is 2.50. The maximum Gasteiger partial charge on any atom is 0.338 e. The number of ether oxygens (including phenoxy) is 3. The van der Waals surface area contributed by atoms with Gasteiger partial charge in [-0.1, -0.05) is 21.1 Å². The zero-order chi connectivity index (χ0) is 21.5. The molecule has 0 saturated carbocycles. The van der Waals surface area contributed by atoms with Gasteiger partial charge in [0.1, 0.15) is 18.1 Å². The summed E-state index contributed by atoms with van der Waals surface area (Å²) in [5.74, 6) is 0.387. The second-order valence-corrected chi connectivity index (χ2v) is 7.13. The number of benzene rings is 2. The van der Waals surface area contributed by atoms with Crippen LogP contribution in [0.5, 0.6) is 11.5 Å². The molecule has 1 amide bonds. The minimum Gasteiger partial charge on any atom is -0.493 e. The number of nitrogens with one attached hydrogen (secondary N) is 1. The Morgan fingerprint density at radius 3 is 2.53 bits per heavy atom. The van der Waals surface area contributed by atoms with Gasteiger partial charge in [-0.15, -0.1) is 0 Å². The van der Waals surface area contributed by atoms with Gasteiger partial charge in [0.05, 0.1) is 12.7 Å². The zero-order valence-electron chi connectivity index (χ0n) is 16.3. The number of amides is 1. The highest BCUT2D eigenvalue weighted by Gasteiger charge is 2.14. The molecule has 0 spiro atoms. The van der Waals surface area contributed by atoms with Crippen molar-refractivity contribution in [2.75, 3.05) is 19.0 Å². The summed E-state index contributed by atoms with van der Waals surface area (Å²) in [5, 5.41) is 6.49. The third kappa shape index (κ3) is 5.84. The van der Waals surface area contributed by atoms with E-state index in [1.165, 1.54) is 19.2 Å². The molecule has 1 N–H and O–H groups in total. The quantitative estimate of drug-likeness (QED) is 0.489. The second-order valence-electron chi connectivity index (χ2n) is 6.21. The van der Waals surface area contributed by atoms with E-state index in [4.69, 9.17) is 18.7 Å². The number of nitrogens with zero attached hydrogens (tertiary/aromatic N) is 1. The number of hydrogen-bond donors (Lipinski definition) is 1. The monoisotopic (exact) mass is 474 g/mol. The van der Waals surface area contributed by atoms with E-state index in [1.54, 1.807) is 31.2 Å². The van der Waals surface area contributed by atoms with Crippen molar-refractivity contribution in [3.8, 4) is 11.5 Å². The Morgan fingerprint density at radius 1 is 1.10 bits per heavy atom. The van der Waals surface area contributed by atoms with Crippen LogP contribution in [0.2, 0.25) is 0 Å². The molecule has 30 heavy (non-hydrogen) atoms. The number of anilines is 1. The number of aryl methyl sites for hydroxylation is 1. The topological polar surface area (TPSA) is 99.9 Å². The summed E-state index contributed by atoms with van der Waals surface area (Å²) in [5.41, 5.74) is 1.45. The number of halogens is 1. The van der Waals surface area contributed by atoms with E-state index >= 15 is 0 Å². The number of hydrogen-bond acceptors (Lipinski definition) is 7. The van der Waals surface area contributed by atoms with Gasteiger partial charge in [-0.25, -0.2) is 4.79 Å². The molecular formula is C21H19BrN2O6. The molecule has 0 aliphatic heterocycles. The van der Waals surface area contributed by atoms with Crippen molar-refractivity contribution in [1.82, 2.24) is 5.16 Å². The molecule has 0 radical (unpaired) electrons. The van der Waals surface area contributed by atoms with Crippen LogP contribution < -0.4 is 14.8 Å². The molecular weight excluding hydrogens is 456 g/mol. The van der Waals surface area contributed by atoms with Crippen molar-refractivity contribution in [3.63, 3.8) is 0 Å². The summed E-state index contributed by atoms with van der Waals surface area (Å²) in [4.78, 5) is 24.3. The molecule has 1 aromatic heterocycles. The third-order valence-electron chi connectivity index (χ3n) is 3.91. The molecule has 8 nitrogen and oxygen atoms in total. The average molecular weight is 475 g/mol. The minimum atomic E-state index is -0.548.